The molecule has 0 saturated heterocycles. The van der Waals surface area contributed by atoms with E-state index in [-0.39, 0.29) is 16.2 Å². The number of aliphatic hydroxyl groups is 1. The van der Waals surface area contributed by atoms with Gasteiger partial charge in [-0.1, -0.05) is 6.07 Å². The first-order chi connectivity index (χ1) is 9.00. The van der Waals surface area contributed by atoms with Gasteiger partial charge in [0.1, 0.15) is 10.6 Å². The number of benzene rings is 1. The van der Waals surface area contributed by atoms with Crippen LogP contribution >= 0.6 is 0 Å². The van der Waals surface area contributed by atoms with Crippen LogP contribution < -0.4 is 0 Å². The molecule has 112 valence electrons. The average molecular weight is 304 g/mol. The van der Waals surface area contributed by atoms with Gasteiger partial charge >= 0.3 is 5.97 Å². The average Bonchev–Trinajstić information content (AvgIpc) is 2.31. The SMILES string of the molecule is Cc1ccc(O)cc1S(=O)(=O)OC(C)(C(=O)O)C(C)O. The van der Waals surface area contributed by atoms with Gasteiger partial charge in [0.05, 0.1) is 6.10 Å². The van der Waals surface area contributed by atoms with Gasteiger partial charge in [-0.25, -0.2) is 8.98 Å². The normalized spacial score (nSPS) is 16.4. The monoisotopic (exact) mass is 304 g/mol. The molecule has 0 amide bonds. The third-order valence-electron chi connectivity index (χ3n) is 2.95. The summed E-state index contributed by atoms with van der Waals surface area (Å²) in [6, 6.07) is 3.60. The Labute approximate surface area is 116 Å². The van der Waals surface area contributed by atoms with Gasteiger partial charge in [0.2, 0.25) is 5.60 Å². The number of rotatable bonds is 5. The summed E-state index contributed by atoms with van der Waals surface area (Å²) in [5.74, 6) is -1.92. The molecule has 1 rings (SSSR count). The van der Waals surface area contributed by atoms with Crippen LogP contribution in [0.5, 0.6) is 5.75 Å². The van der Waals surface area contributed by atoms with Crippen molar-refractivity contribution < 1.29 is 32.7 Å². The van der Waals surface area contributed by atoms with Crippen molar-refractivity contribution in [2.75, 3.05) is 0 Å². The van der Waals surface area contributed by atoms with E-state index in [9.17, 15) is 23.4 Å². The molecule has 1 aromatic carbocycles. The van der Waals surface area contributed by atoms with Crippen molar-refractivity contribution >= 4 is 16.1 Å². The Bertz CT molecular complexity index is 621. The number of aryl methyl sites for hydroxylation is 1. The Hall–Kier alpha value is -1.64. The van der Waals surface area contributed by atoms with Crippen LogP contribution in [0.4, 0.5) is 0 Å². The number of aliphatic hydroxyl groups excluding tert-OH is 1. The molecule has 20 heavy (non-hydrogen) atoms. The molecule has 3 N–H and O–H groups in total. The molecule has 8 heteroatoms. The van der Waals surface area contributed by atoms with Gasteiger partial charge < -0.3 is 15.3 Å². The number of carboxylic acid groups (broad SMARTS) is 1. The molecular weight excluding hydrogens is 288 g/mol. The van der Waals surface area contributed by atoms with Crippen molar-refractivity contribution in [3.05, 3.63) is 23.8 Å². The maximum Gasteiger partial charge on any atom is 0.339 e. The lowest BCUT2D eigenvalue weighted by Crippen LogP contribution is -2.49. The van der Waals surface area contributed by atoms with Gasteiger partial charge in [-0.2, -0.15) is 8.42 Å². The first kappa shape index (κ1) is 16.4. The highest BCUT2D eigenvalue weighted by Crippen LogP contribution is 2.28. The Balaban J connectivity index is 3.31. The first-order valence-electron chi connectivity index (χ1n) is 5.67. The Morgan fingerprint density at radius 2 is 1.95 bits per heavy atom. The number of carboxylic acids is 1. The number of phenols is 1. The third-order valence-corrected chi connectivity index (χ3v) is 4.49. The fourth-order valence-electron chi connectivity index (χ4n) is 1.41. The van der Waals surface area contributed by atoms with Crippen molar-refractivity contribution in [2.45, 2.75) is 37.4 Å². The van der Waals surface area contributed by atoms with Crippen LogP contribution in [0.2, 0.25) is 0 Å². The molecule has 0 saturated carbocycles. The molecule has 0 aliphatic rings. The van der Waals surface area contributed by atoms with E-state index in [0.29, 0.717) is 0 Å². The van der Waals surface area contributed by atoms with Gasteiger partial charge in [-0.05, 0) is 32.4 Å². The molecule has 0 radical (unpaired) electrons. The summed E-state index contributed by atoms with van der Waals surface area (Å²) in [6.45, 7) is 3.53. The predicted octanol–water partition coefficient (Wildman–Crippen LogP) is 0.630. The zero-order valence-electron chi connectivity index (χ0n) is 11.2. The molecule has 2 unspecified atom stereocenters. The molecule has 0 heterocycles. The number of hydrogen-bond donors (Lipinski definition) is 3. The zero-order chi connectivity index (χ0) is 15.7. The van der Waals surface area contributed by atoms with E-state index < -0.39 is 27.8 Å². The minimum Gasteiger partial charge on any atom is -0.508 e. The van der Waals surface area contributed by atoms with Crippen LogP contribution in [0, 0.1) is 6.92 Å². The third kappa shape index (κ3) is 3.09. The molecule has 0 fully saturated rings. The van der Waals surface area contributed by atoms with Crippen molar-refractivity contribution in [2.24, 2.45) is 0 Å². The smallest absolute Gasteiger partial charge is 0.339 e. The second-order valence-corrected chi connectivity index (χ2v) is 6.09. The molecule has 7 nitrogen and oxygen atoms in total. The molecule has 2 atom stereocenters. The zero-order valence-corrected chi connectivity index (χ0v) is 12.0. The van der Waals surface area contributed by atoms with E-state index in [1.165, 1.54) is 19.1 Å². The maximum absolute atomic E-state index is 12.1. The number of aliphatic carboxylic acids is 1. The first-order valence-corrected chi connectivity index (χ1v) is 7.08. The summed E-state index contributed by atoms with van der Waals surface area (Å²) < 4.78 is 28.9. The predicted molar refractivity (Wildman–Crippen MR) is 68.8 cm³/mol. The van der Waals surface area contributed by atoms with E-state index in [4.69, 9.17) is 5.11 Å². The molecule has 0 aliphatic carbocycles. The van der Waals surface area contributed by atoms with E-state index in [2.05, 4.69) is 4.18 Å². The van der Waals surface area contributed by atoms with Crippen LogP contribution in [-0.4, -0.2) is 41.4 Å². The van der Waals surface area contributed by atoms with Crippen LogP contribution in [0.1, 0.15) is 19.4 Å². The number of carbonyl (C=O) groups is 1. The molecule has 1 aromatic rings. The fraction of sp³-hybridized carbons (Fsp3) is 0.417. The fourth-order valence-corrected chi connectivity index (χ4v) is 2.90. The Morgan fingerprint density at radius 3 is 2.40 bits per heavy atom. The van der Waals surface area contributed by atoms with Crippen LogP contribution in [0.25, 0.3) is 0 Å². The van der Waals surface area contributed by atoms with Gasteiger partial charge in [0, 0.05) is 6.07 Å². The van der Waals surface area contributed by atoms with Gasteiger partial charge in [-0.15, -0.1) is 0 Å². The quantitative estimate of drug-likeness (QED) is 0.682. The van der Waals surface area contributed by atoms with E-state index in [1.54, 1.807) is 0 Å². The largest absolute Gasteiger partial charge is 0.508 e. The van der Waals surface area contributed by atoms with Crippen molar-refractivity contribution in [3.8, 4) is 5.75 Å². The molecular formula is C12H16O7S. The van der Waals surface area contributed by atoms with Crippen molar-refractivity contribution in [1.82, 2.24) is 0 Å². The molecule has 0 aliphatic heterocycles. The number of phenolic OH excluding ortho intramolecular Hbond substituents is 1. The summed E-state index contributed by atoms with van der Waals surface area (Å²) in [5, 5.41) is 27.8. The summed E-state index contributed by atoms with van der Waals surface area (Å²) in [6.07, 6.45) is -1.56. The maximum atomic E-state index is 12.1. The minimum absolute atomic E-state index is 0.279. The summed E-state index contributed by atoms with van der Waals surface area (Å²) in [5.41, 5.74) is -2.04. The lowest BCUT2D eigenvalue weighted by Gasteiger charge is -2.27. The highest BCUT2D eigenvalue weighted by Gasteiger charge is 2.44. The molecule has 0 bridgehead atoms. The van der Waals surface area contributed by atoms with Crippen molar-refractivity contribution in [1.29, 1.82) is 0 Å². The van der Waals surface area contributed by atoms with Crippen LogP contribution in [-0.2, 0) is 19.1 Å². The summed E-state index contributed by atoms with van der Waals surface area (Å²) in [4.78, 5) is 10.8. The van der Waals surface area contributed by atoms with Crippen LogP contribution in [0.3, 0.4) is 0 Å². The lowest BCUT2D eigenvalue weighted by molar-refractivity contribution is -0.162. The number of hydrogen-bond acceptors (Lipinski definition) is 6. The molecule has 0 spiro atoms. The Morgan fingerprint density at radius 1 is 1.40 bits per heavy atom. The summed E-state index contributed by atoms with van der Waals surface area (Å²) in [7, 11) is -4.46. The van der Waals surface area contributed by atoms with E-state index in [0.717, 1.165) is 19.9 Å². The second kappa shape index (κ2) is 5.39. The van der Waals surface area contributed by atoms with E-state index >= 15 is 0 Å². The topological polar surface area (TPSA) is 121 Å². The van der Waals surface area contributed by atoms with Gasteiger partial charge in [-0.3, -0.25) is 0 Å². The second-order valence-electron chi connectivity index (χ2n) is 4.58. The highest BCUT2D eigenvalue weighted by molar-refractivity contribution is 7.86. The highest BCUT2D eigenvalue weighted by atomic mass is 32.2. The van der Waals surface area contributed by atoms with Gasteiger partial charge in [0.25, 0.3) is 10.1 Å². The van der Waals surface area contributed by atoms with Crippen LogP contribution in [0.15, 0.2) is 23.1 Å². The number of aromatic hydroxyl groups is 1. The van der Waals surface area contributed by atoms with E-state index in [1.807, 2.05) is 0 Å². The van der Waals surface area contributed by atoms with Gasteiger partial charge in [0.15, 0.2) is 0 Å². The minimum atomic E-state index is -4.46. The standard InChI is InChI=1S/C12H16O7S/c1-7-4-5-9(14)6-10(7)20(17,18)19-12(3,8(2)13)11(15)16/h4-6,8,13-14H,1-3H3,(H,15,16). The lowest BCUT2D eigenvalue weighted by atomic mass is 10.0. The summed E-state index contributed by atoms with van der Waals surface area (Å²) >= 11 is 0. The Kier molecular flexibility index (Phi) is 4.42. The molecule has 0 aromatic heterocycles. The van der Waals surface area contributed by atoms with Crippen molar-refractivity contribution in [3.63, 3.8) is 0 Å².